The molecule has 3 rings (SSSR count). The highest BCUT2D eigenvalue weighted by Crippen LogP contribution is 2.29. The zero-order chi connectivity index (χ0) is 14.8. The van der Waals surface area contributed by atoms with E-state index in [1.54, 1.807) is 6.07 Å². The number of carbonyl (C=O) groups is 1. The molecule has 2 aromatic carbocycles. The second kappa shape index (κ2) is 5.48. The Bertz CT molecular complexity index is 681. The lowest BCUT2D eigenvalue weighted by Crippen LogP contribution is -2.29. The van der Waals surface area contributed by atoms with Crippen molar-refractivity contribution in [1.82, 2.24) is 0 Å². The molecular weight excluding hydrogens is 266 g/mol. The molecule has 1 aliphatic rings. The molecule has 0 bridgehead atoms. The predicted molar refractivity (Wildman–Crippen MR) is 80.9 cm³/mol. The lowest BCUT2D eigenvalue weighted by Gasteiger charge is -2.31. The van der Waals surface area contributed by atoms with Gasteiger partial charge in [-0.15, -0.1) is 0 Å². The zero-order valence-electron chi connectivity index (χ0n) is 11.6. The number of phenolic OH excluding ortho intramolecular Hbond substituents is 1. The van der Waals surface area contributed by atoms with Crippen LogP contribution in [0.15, 0.2) is 42.5 Å². The minimum atomic E-state index is -1.01. The van der Waals surface area contributed by atoms with Crippen LogP contribution < -0.4 is 4.90 Å². The van der Waals surface area contributed by atoms with Gasteiger partial charge in [0.1, 0.15) is 5.75 Å². The van der Waals surface area contributed by atoms with Crippen molar-refractivity contribution in [3.63, 3.8) is 0 Å². The molecule has 1 aliphatic heterocycles. The first-order valence-electron chi connectivity index (χ1n) is 7.03. The van der Waals surface area contributed by atoms with Crippen molar-refractivity contribution in [2.24, 2.45) is 0 Å². The first-order chi connectivity index (χ1) is 10.1. The summed E-state index contributed by atoms with van der Waals surface area (Å²) in [4.78, 5) is 13.5. The van der Waals surface area contributed by atoms with Crippen molar-refractivity contribution < 1.29 is 15.0 Å². The topological polar surface area (TPSA) is 60.8 Å². The number of anilines is 1. The van der Waals surface area contributed by atoms with E-state index in [0.29, 0.717) is 6.54 Å². The third kappa shape index (κ3) is 2.70. The van der Waals surface area contributed by atoms with Gasteiger partial charge in [-0.3, -0.25) is 0 Å². The Balaban J connectivity index is 1.93. The van der Waals surface area contributed by atoms with Gasteiger partial charge in [0, 0.05) is 18.8 Å². The Labute approximate surface area is 123 Å². The van der Waals surface area contributed by atoms with Crippen LogP contribution in [-0.2, 0) is 13.0 Å². The van der Waals surface area contributed by atoms with E-state index >= 15 is 0 Å². The second-order valence-electron chi connectivity index (χ2n) is 5.30. The summed E-state index contributed by atoms with van der Waals surface area (Å²) in [5.41, 5.74) is 3.36. The number of aryl methyl sites for hydroxylation is 1. The first kappa shape index (κ1) is 13.5. The quantitative estimate of drug-likeness (QED) is 0.909. The summed E-state index contributed by atoms with van der Waals surface area (Å²) < 4.78 is 0. The molecule has 0 saturated carbocycles. The second-order valence-corrected chi connectivity index (χ2v) is 5.30. The van der Waals surface area contributed by atoms with E-state index < -0.39 is 5.97 Å². The Kier molecular flexibility index (Phi) is 3.52. The molecule has 0 spiro atoms. The van der Waals surface area contributed by atoms with E-state index in [1.165, 1.54) is 23.4 Å². The highest BCUT2D eigenvalue weighted by atomic mass is 16.4. The van der Waals surface area contributed by atoms with E-state index in [-0.39, 0.29) is 11.3 Å². The third-order valence-electron chi connectivity index (χ3n) is 3.89. The molecule has 4 nitrogen and oxygen atoms in total. The summed E-state index contributed by atoms with van der Waals surface area (Å²) in [6.45, 7) is 1.45. The van der Waals surface area contributed by atoms with Crippen LogP contribution in [-0.4, -0.2) is 22.7 Å². The smallest absolute Gasteiger partial charge is 0.336 e. The first-order valence-corrected chi connectivity index (χ1v) is 7.03. The fourth-order valence-corrected chi connectivity index (χ4v) is 2.88. The molecule has 0 atom stereocenters. The molecular formula is C17H17NO3. The average Bonchev–Trinajstić information content (AvgIpc) is 2.49. The highest BCUT2D eigenvalue weighted by molar-refractivity contribution is 5.90. The molecule has 0 fully saturated rings. The average molecular weight is 283 g/mol. The molecule has 2 N–H and O–H groups in total. The number of benzene rings is 2. The van der Waals surface area contributed by atoms with Crippen LogP contribution in [0.2, 0.25) is 0 Å². The molecule has 0 unspecified atom stereocenters. The van der Waals surface area contributed by atoms with E-state index in [4.69, 9.17) is 0 Å². The van der Waals surface area contributed by atoms with E-state index in [0.717, 1.165) is 24.9 Å². The number of aromatic hydroxyl groups is 1. The maximum atomic E-state index is 11.3. The lowest BCUT2D eigenvalue weighted by atomic mass is 10.00. The van der Waals surface area contributed by atoms with Gasteiger partial charge < -0.3 is 15.1 Å². The van der Waals surface area contributed by atoms with Crippen LogP contribution in [0, 0.1) is 0 Å². The maximum Gasteiger partial charge on any atom is 0.336 e. The van der Waals surface area contributed by atoms with Gasteiger partial charge in [0.25, 0.3) is 0 Å². The van der Waals surface area contributed by atoms with Crippen LogP contribution in [0.3, 0.4) is 0 Å². The van der Waals surface area contributed by atoms with Crippen LogP contribution in [0.4, 0.5) is 5.69 Å². The van der Waals surface area contributed by atoms with Crippen LogP contribution >= 0.6 is 0 Å². The summed E-state index contributed by atoms with van der Waals surface area (Å²) in [7, 11) is 0. The fraction of sp³-hybridized carbons (Fsp3) is 0.235. The van der Waals surface area contributed by atoms with Gasteiger partial charge in [0.2, 0.25) is 0 Å². The number of rotatable bonds is 3. The molecule has 0 aliphatic carbocycles. The molecule has 0 radical (unpaired) electrons. The van der Waals surface area contributed by atoms with E-state index in [2.05, 4.69) is 17.0 Å². The zero-order valence-corrected chi connectivity index (χ0v) is 11.6. The van der Waals surface area contributed by atoms with Crippen molar-refractivity contribution >= 4 is 11.7 Å². The largest absolute Gasteiger partial charge is 0.508 e. The Morgan fingerprint density at radius 2 is 2.00 bits per heavy atom. The minimum Gasteiger partial charge on any atom is -0.508 e. The number of carboxylic acid groups (broad SMARTS) is 1. The number of phenols is 1. The summed E-state index contributed by atoms with van der Waals surface area (Å²) in [5.74, 6) is -1.03. The van der Waals surface area contributed by atoms with Crippen LogP contribution in [0.25, 0.3) is 0 Å². The number of hydrogen-bond acceptors (Lipinski definition) is 3. The maximum absolute atomic E-state index is 11.3. The van der Waals surface area contributed by atoms with Crippen molar-refractivity contribution in [2.75, 3.05) is 11.4 Å². The van der Waals surface area contributed by atoms with Crippen molar-refractivity contribution in [3.8, 4) is 5.75 Å². The van der Waals surface area contributed by atoms with Crippen LogP contribution in [0.5, 0.6) is 5.75 Å². The van der Waals surface area contributed by atoms with Crippen molar-refractivity contribution in [2.45, 2.75) is 19.4 Å². The molecule has 21 heavy (non-hydrogen) atoms. The summed E-state index contributed by atoms with van der Waals surface area (Å²) >= 11 is 0. The standard InChI is InChI=1S/C17H17NO3/c19-14-8-7-13(15(10-14)17(20)21)11-18-9-3-5-12-4-1-2-6-16(12)18/h1-2,4,6-8,10,19H,3,5,9,11H2,(H,20,21). The predicted octanol–water partition coefficient (Wildman–Crippen LogP) is 3.04. The van der Waals surface area contributed by atoms with Gasteiger partial charge in [-0.2, -0.15) is 0 Å². The highest BCUT2D eigenvalue weighted by Gasteiger charge is 2.19. The monoisotopic (exact) mass is 283 g/mol. The van der Waals surface area contributed by atoms with Gasteiger partial charge in [-0.05, 0) is 42.2 Å². The Hall–Kier alpha value is -2.49. The number of fused-ring (bicyclic) bond motifs is 1. The van der Waals surface area contributed by atoms with E-state index in [9.17, 15) is 15.0 Å². The molecule has 1 heterocycles. The molecule has 4 heteroatoms. The Morgan fingerprint density at radius 3 is 2.81 bits per heavy atom. The third-order valence-corrected chi connectivity index (χ3v) is 3.89. The Morgan fingerprint density at radius 1 is 1.19 bits per heavy atom. The molecule has 0 amide bonds. The molecule has 0 saturated heterocycles. The normalized spacial score (nSPS) is 13.8. The summed E-state index contributed by atoms with van der Waals surface area (Å²) in [5, 5.41) is 18.8. The van der Waals surface area contributed by atoms with Gasteiger partial charge in [-0.1, -0.05) is 24.3 Å². The molecule has 0 aromatic heterocycles. The number of nitrogens with zero attached hydrogens (tertiary/aromatic N) is 1. The van der Waals surface area contributed by atoms with Gasteiger partial charge >= 0.3 is 5.97 Å². The minimum absolute atomic E-state index is 0.0183. The van der Waals surface area contributed by atoms with Gasteiger partial charge in [0.05, 0.1) is 5.56 Å². The van der Waals surface area contributed by atoms with Gasteiger partial charge in [-0.25, -0.2) is 4.79 Å². The summed E-state index contributed by atoms with van der Waals surface area (Å²) in [6.07, 6.45) is 2.13. The van der Waals surface area contributed by atoms with Crippen LogP contribution in [0.1, 0.15) is 27.9 Å². The fourth-order valence-electron chi connectivity index (χ4n) is 2.88. The van der Waals surface area contributed by atoms with Crippen molar-refractivity contribution in [1.29, 1.82) is 0 Å². The SMILES string of the molecule is O=C(O)c1cc(O)ccc1CN1CCCc2ccccc21. The summed E-state index contributed by atoms with van der Waals surface area (Å²) in [6, 6.07) is 12.8. The lowest BCUT2D eigenvalue weighted by molar-refractivity contribution is 0.0695. The number of para-hydroxylation sites is 1. The van der Waals surface area contributed by atoms with E-state index in [1.807, 2.05) is 12.1 Å². The number of carboxylic acids is 1. The molecule has 108 valence electrons. The van der Waals surface area contributed by atoms with Gasteiger partial charge in [0.15, 0.2) is 0 Å². The number of aromatic carboxylic acids is 1. The number of hydrogen-bond donors (Lipinski definition) is 2. The van der Waals surface area contributed by atoms with Crippen molar-refractivity contribution in [3.05, 3.63) is 59.2 Å². The molecule has 2 aromatic rings.